The van der Waals surface area contributed by atoms with Gasteiger partial charge in [-0.2, -0.15) is 0 Å². The lowest BCUT2D eigenvalue weighted by Crippen LogP contribution is -2.30. The molecule has 1 aromatic carbocycles. The lowest BCUT2D eigenvalue weighted by molar-refractivity contribution is -0.137. The molecule has 3 N–H and O–H groups in total. The maximum absolute atomic E-state index is 13.5. The molecule has 0 spiro atoms. The molecule has 1 rings (SSSR count). The van der Waals surface area contributed by atoms with Gasteiger partial charge in [-0.05, 0) is 31.4 Å². The zero-order valence-electron chi connectivity index (χ0n) is 12.1. The summed E-state index contributed by atoms with van der Waals surface area (Å²) in [6.07, 6.45) is 3.27. The van der Waals surface area contributed by atoms with Gasteiger partial charge in [0.05, 0.1) is 5.69 Å². The first-order chi connectivity index (χ1) is 10.0. The number of urea groups is 1. The number of unbranched alkanes of at least 4 members (excludes halogenated alkanes) is 3. The molecule has 21 heavy (non-hydrogen) atoms. The van der Waals surface area contributed by atoms with Crippen LogP contribution in [0.4, 0.5) is 14.9 Å². The maximum atomic E-state index is 13.5. The Morgan fingerprint density at radius 2 is 1.90 bits per heavy atom. The average Bonchev–Trinajstić information content (AvgIpc) is 2.41. The second kappa shape index (κ2) is 8.94. The van der Waals surface area contributed by atoms with Crippen LogP contribution in [0.25, 0.3) is 0 Å². The molecule has 0 fully saturated rings. The number of nitrogens with one attached hydrogen (secondary N) is 2. The van der Waals surface area contributed by atoms with Crippen molar-refractivity contribution in [1.82, 2.24) is 5.32 Å². The van der Waals surface area contributed by atoms with Gasteiger partial charge in [0, 0.05) is 13.0 Å². The van der Waals surface area contributed by atoms with Crippen LogP contribution < -0.4 is 10.6 Å². The summed E-state index contributed by atoms with van der Waals surface area (Å²) >= 11 is 0. The lowest BCUT2D eigenvalue weighted by Gasteiger charge is -2.10. The molecule has 116 valence electrons. The Balaban J connectivity index is 2.19. The first-order valence-electron chi connectivity index (χ1n) is 7.02. The van der Waals surface area contributed by atoms with Crippen LogP contribution in [0.5, 0.6) is 0 Å². The number of carboxylic acid groups (broad SMARTS) is 1. The number of halogens is 1. The first kappa shape index (κ1) is 16.9. The summed E-state index contributed by atoms with van der Waals surface area (Å²) in [5.74, 6) is -1.24. The second-order valence-electron chi connectivity index (χ2n) is 4.87. The van der Waals surface area contributed by atoms with Gasteiger partial charge in [-0.25, -0.2) is 9.18 Å². The average molecular weight is 296 g/mol. The van der Waals surface area contributed by atoms with Crippen molar-refractivity contribution in [3.8, 4) is 0 Å². The molecule has 5 nitrogen and oxygen atoms in total. The van der Waals surface area contributed by atoms with Gasteiger partial charge in [-0.3, -0.25) is 4.79 Å². The topological polar surface area (TPSA) is 78.4 Å². The molecule has 0 unspecified atom stereocenters. The normalized spacial score (nSPS) is 10.2. The Labute approximate surface area is 123 Å². The smallest absolute Gasteiger partial charge is 0.319 e. The van der Waals surface area contributed by atoms with Gasteiger partial charge in [-0.15, -0.1) is 0 Å². The van der Waals surface area contributed by atoms with Crippen molar-refractivity contribution in [3.63, 3.8) is 0 Å². The minimum Gasteiger partial charge on any atom is -0.481 e. The number of para-hydroxylation sites is 1. The van der Waals surface area contributed by atoms with Crippen LogP contribution in [0.1, 0.15) is 37.7 Å². The molecular weight excluding hydrogens is 275 g/mol. The highest BCUT2D eigenvalue weighted by Crippen LogP contribution is 2.18. The molecule has 1 aromatic rings. The summed E-state index contributed by atoms with van der Waals surface area (Å²) in [6.45, 7) is 2.20. The molecule has 0 aliphatic heterocycles. The fourth-order valence-corrected chi connectivity index (χ4v) is 1.90. The van der Waals surface area contributed by atoms with Gasteiger partial charge in [0.15, 0.2) is 0 Å². The molecule has 0 heterocycles. The molecule has 0 aromatic heterocycles. The summed E-state index contributed by atoms with van der Waals surface area (Å²) in [6, 6.07) is 4.17. The summed E-state index contributed by atoms with van der Waals surface area (Å²) in [7, 11) is 0. The number of anilines is 1. The van der Waals surface area contributed by atoms with Crippen molar-refractivity contribution in [2.45, 2.75) is 39.0 Å². The number of carboxylic acids is 1. The largest absolute Gasteiger partial charge is 0.481 e. The molecule has 6 heteroatoms. The summed E-state index contributed by atoms with van der Waals surface area (Å²) < 4.78 is 13.5. The summed E-state index contributed by atoms with van der Waals surface area (Å²) in [5.41, 5.74) is 0.857. The van der Waals surface area contributed by atoms with Crippen LogP contribution in [-0.4, -0.2) is 23.7 Å². The molecule has 0 saturated carbocycles. The SMILES string of the molecule is Cc1cccc(F)c1NC(=O)NCCCCCCC(=O)O. The second-order valence-corrected chi connectivity index (χ2v) is 4.87. The highest BCUT2D eigenvalue weighted by Gasteiger charge is 2.08. The molecule has 0 atom stereocenters. The van der Waals surface area contributed by atoms with E-state index in [2.05, 4.69) is 10.6 Å². The van der Waals surface area contributed by atoms with E-state index in [9.17, 15) is 14.0 Å². The van der Waals surface area contributed by atoms with Gasteiger partial charge >= 0.3 is 12.0 Å². The van der Waals surface area contributed by atoms with E-state index in [-0.39, 0.29) is 12.1 Å². The third kappa shape index (κ3) is 6.74. The summed E-state index contributed by atoms with van der Waals surface area (Å²) in [5, 5.41) is 13.6. The number of amides is 2. The highest BCUT2D eigenvalue weighted by molar-refractivity contribution is 5.90. The lowest BCUT2D eigenvalue weighted by atomic mass is 10.1. The van der Waals surface area contributed by atoms with Gasteiger partial charge in [-0.1, -0.05) is 25.0 Å². The van der Waals surface area contributed by atoms with Crippen molar-refractivity contribution < 1.29 is 19.1 Å². The number of carbonyl (C=O) groups is 2. The van der Waals surface area contributed by atoms with Gasteiger partial charge < -0.3 is 15.7 Å². The van der Waals surface area contributed by atoms with E-state index in [0.717, 1.165) is 19.3 Å². The van der Waals surface area contributed by atoms with E-state index in [1.54, 1.807) is 19.1 Å². The highest BCUT2D eigenvalue weighted by atomic mass is 19.1. The van der Waals surface area contributed by atoms with Crippen molar-refractivity contribution in [3.05, 3.63) is 29.6 Å². The van der Waals surface area contributed by atoms with Crippen LogP contribution in [0.2, 0.25) is 0 Å². The Morgan fingerprint density at radius 1 is 1.19 bits per heavy atom. The van der Waals surface area contributed by atoms with Gasteiger partial charge in [0.1, 0.15) is 5.82 Å². The van der Waals surface area contributed by atoms with Gasteiger partial charge in [0.25, 0.3) is 0 Å². The number of benzene rings is 1. The maximum Gasteiger partial charge on any atom is 0.319 e. The van der Waals surface area contributed by atoms with E-state index in [4.69, 9.17) is 5.11 Å². The quantitative estimate of drug-likeness (QED) is 0.644. The summed E-state index contributed by atoms with van der Waals surface area (Å²) in [4.78, 5) is 21.9. The van der Waals surface area contributed by atoms with Crippen molar-refractivity contribution in [2.24, 2.45) is 0 Å². The molecule has 0 aliphatic rings. The Bertz CT molecular complexity index is 472. The van der Waals surface area contributed by atoms with Crippen LogP contribution in [0.15, 0.2) is 18.2 Å². The monoisotopic (exact) mass is 296 g/mol. The predicted octanol–water partition coefficient (Wildman–Crippen LogP) is 3.29. The third-order valence-corrected chi connectivity index (χ3v) is 3.06. The minimum absolute atomic E-state index is 0.181. The molecule has 2 amide bonds. The van der Waals surface area contributed by atoms with Crippen molar-refractivity contribution in [2.75, 3.05) is 11.9 Å². The number of hydrogen-bond donors (Lipinski definition) is 3. The fourth-order valence-electron chi connectivity index (χ4n) is 1.90. The third-order valence-electron chi connectivity index (χ3n) is 3.06. The zero-order chi connectivity index (χ0) is 15.7. The van der Waals surface area contributed by atoms with Gasteiger partial charge in [0.2, 0.25) is 0 Å². The minimum atomic E-state index is -0.784. The predicted molar refractivity (Wildman–Crippen MR) is 78.9 cm³/mol. The van der Waals surface area contributed by atoms with Crippen LogP contribution in [0, 0.1) is 12.7 Å². The zero-order valence-corrected chi connectivity index (χ0v) is 12.1. The van der Waals surface area contributed by atoms with E-state index in [1.807, 2.05) is 0 Å². The van der Waals surface area contributed by atoms with Crippen molar-refractivity contribution >= 4 is 17.7 Å². The Morgan fingerprint density at radius 3 is 2.57 bits per heavy atom. The standard InChI is InChI=1S/C15H21FN2O3/c1-11-7-6-8-12(16)14(11)18-15(21)17-10-5-3-2-4-9-13(19)20/h6-8H,2-5,9-10H2,1H3,(H,19,20)(H2,17,18,21). The number of hydrogen-bond acceptors (Lipinski definition) is 2. The number of rotatable bonds is 8. The van der Waals surface area contributed by atoms with E-state index >= 15 is 0 Å². The van der Waals surface area contributed by atoms with Crippen LogP contribution in [0.3, 0.4) is 0 Å². The van der Waals surface area contributed by atoms with Crippen molar-refractivity contribution in [1.29, 1.82) is 0 Å². The first-order valence-corrected chi connectivity index (χ1v) is 7.02. The fraction of sp³-hybridized carbons (Fsp3) is 0.467. The number of aryl methyl sites for hydroxylation is 1. The molecular formula is C15H21FN2O3. The number of aliphatic carboxylic acids is 1. The van der Waals surface area contributed by atoms with E-state index in [0.29, 0.717) is 18.5 Å². The van der Waals surface area contributed by atoms with Crippen LogP contribution >= 0.6 is 0 Å². The molecule has 0 saturated heterocycles. The van der Waals surface area contributed by atoms with E-state index < -0.39 is 17.8 Å². The number of carbonyl (C=O) groups excluding carboxylic acids is 1. The Kier molecular flexibility index (Phi) is 7.21. The molecule has 0 bridgehead atoms. The Hall–Kier alpha value is -2.11. The molecule has 0 radical (unpaired) electrons. The van der Waals surface area contributed by atoms with E-state index in [1.165, 1.54) is 6.07 Å². The van der Waals surface area contributed by atoms with Crippen LogP contribution in [-0.2, 0) is 4.79 Å². The molecule has 0 aliphatic carbocycles.